The van der Waals surface area contributed by atoms with Crippen LogP contribution in [0.15, 0.2) is 65.6 Å². The van der Waals surface area contributed by atoms with Crippen LogP contribution in [0.25, 0.3) is 0 Å². The molecule has 3 aromatic rings. The van der Waals surface area contributed by atoms with Gasteiger partial charge in [0.15, 0.2) is 0 Å². The summed E-state index contributed by atoms with van der Waals surface area (Å²) in [4.78, 5) is 22.4. The Kier molecular flexibility index (Phi) is 8.74. The van der Waals surface area contributed by atoms with Crippen molar-refractivity contribution >= 4 is 0 Å². The lowest BCUT2D eigenvalue weighted by Crippen LogP contribution is -2.38. The Morgan fingerprint density at radius 1 is 1.03 bits per heavy atom. The quantitative estimate of drug-likeness (QED) is 0.441. The minimum absolute atomic E-state index is 0.0997. The Balaban J connectivity index is 2.03. The van der Waals surface area contributed by atoms with Gasteiger partial charge in [-0.1, -0.05) is 49.4 Å². The molecule has 0 aliphatic heterocycles. The Morgan fingerprint density at radius 2 is 1.73 bits per heavy atom. The highest BCUT2D eigenvalue weighted by molar-refractivity contribution is 5.21. The zero-order valence-electron chi connectivity index (χ0n) is 19.9. The molecule has 1 atom stereocenters. The predicted molar refractivity (Wildman–Crippen MR) is 129 cm³/mol. The average Bonchev–Trinajstić information content (AvgIpc) is 2.82. The molecule has 0 saturated carbocycles. The summed E-state index contributed by atoms with van der Waals surface area (Å²) in [5.41, 5.74) is 1.84. The molecule has 0 amide bonds. The third kappa shape index (κ3) is 6.49. The van der Waals surface area contributed by atoms with E-state index in [2.05, 4.69) is 16.7 Å². The lowest BCUT2D eigenvalue weighted by atomic mass is 10.1. The summed E-state index contributed by atoms with van der Waals surface area (Å²) in [5.74, 6) is 0.676. The number of aromatic nitrogens is 2. The fraction of sp³-hybridized carbons (Fsp3) is 0.385. The highest BCUT2D eigenvalue weighted by Crippen LogP contribution is 2.25. The van der Waals surface area contributed by atoms with Crippen LogP contribution >= 0.6 is 0 Å². The van der Waals surface area contributed by atoms with Crippen LogP contribution in [-0.2, 0) is 13.1 Å². The van der Waals surface area contributed by atoms with Gasteiger partial charge in [0.05, 0.1) is 25.9 Å². The highest BCUT2D eigenvalue weighted by atomic mass is 19.1. The molecule has 176 valence electrons. The fourth-order valence-electron chi connectivity index (χ4n) is 3.91. The minimum Gasteiger partial charge on any atom is -0.490 e. The van der Waals surface area contributed by atoms with Gasteiger partial charge in [-0.2, -0.15) is 0 Å². The van der Waals surface area contributed by atoms with Gasteiger partial charge in [-0.05, 0) is 43.8 Å². The van der Waals surface area contributed by atoms with Crippen molar-refractivity contribution in [2.45, 2.75) is 32.5 Å². The van der Waals surface area contributed by atoms with Crippen LogP contribution < -0.4 is 10.3 Å². The van der Waals surface area contributed by atoms with Gasteiger partial charge in [0, 0.05) is 19.6 Å². The molecular formula is C26H33FN4O2. The SMILES string of the molecule is CCC(c1ncc(OC)c(=O)n1Cc1ccccc1)N(CCN(C)C)Cc1ccc(F)cc1. The van der Waals surface area contributed by atoms with Gasteiger partial charge in [0.25, 0.3) is 5.56 Å². The van der Waals surface area contributed by atoms with E-state index in [1.54, 1.807) is 4.57 Å². The molecule has 3 rings (SSSR count). The van der Waals surface area contributed by atoms with E-state index in [1.807, 2.05) is 56.6 Å². The van der Waals surface area contributed by atoms with Gasteiger partial charge in [0.2, 0.25) is 5.75 Å². The van der Waals surface area contributed by atoms with E-state index in [4.69, 9.17) is 9.72 Å². The monoisotopic (exact) mass is 452 g/mol. The average molecular weight is 453 g/mol. The summed E-state index contributed by atoms with van der Waals surface area (Å²) in [6.45, 7) is 4.75. The van der Waals surface area contributed by atoms with Crippen LogP contribution in [0.2, 0.25) is 0 Å². The first-order valence-electron chi connectivity index (χ1n) is 11.2. The van der Waals surface area contributed by atoms with Crippen molar-refractivity contribution in [2.24, 2.45) is 0 Å². The van der Waals surface area contributed by atoms with Crippen molar-refractivity contribution in [1.82, 2.24) is 19.4 Å². The third-order valence-electron chi connectivity index (χ3n) is 5.71. The predicted octanol–water partition coefficient (Wildman–Crippen LogP) is 3.95. The van der Waals surface area contributed by atoms with E-state index in [-0.39, 0.29) is 23.2 Å². The van der Waals surface area contributed by atoms with Crippen LogP contribution in [0.3, 0.4) is 0 Å². The van der Waals surface area contributed by atoms with Crippen molar-refractivity contribution in [3.8, 4) is 5.75 Å². The number of hydrogen-bond donors (Lipinski definition) is 0. The van der Waals surface area contributed by atoms with Crippen molar-refractivity contribution in [2.75, 3.05) is 34.3 Å². The molecule has 0 aliphatic rings. The van der Waals surface area contributed by atoms with Crippen LogP contribution in [0.4, 0.5) is 4.39 Å². The second-order valence-electron chi connectivity index (χ2n) is 8.39. The standard InChI is InChI=1S/C26H33FN4O2/c1-5-23(30(16-15-29(2)3)18-21-11-13-22(27)14-12-21)25-28-17-24(33-4)26(32)31(25)19-20-9-7-6-8-10-20/h6-14,17,23H,5,15-16,18-19H2,1-4H3. The van der Waals surface area contributed by atoms with Crippen molar-refractivity contribution < 1.29 is 9.13 Å². The maximum Gasteiger partial charge on any atom is 0.296 e. The maximum atomic E-state index is 13.5. The summed E-state index contributed by atoms with van der Waals surface area (Å²) in [5, 5.41) is 0. The molecule has 1 heterocycles. The second kappa shape index (κ2) is 11.7. The number of hydrogen-bond acceptors (Lipinski definition) is 5. The van der Waals surface area contributed by atoms with Crippen LogP contribution in [0.5, 0.6) is 5.75 Å². The Morgan fingerprint density at radius 3 is 2.33 bits per heavy atom. The summed E-state index contributed by atoms with van der Waals surface area (Å²) in [6.07, 6.45) is 2.28. The van der Waals surface area contributed by atoms with E-state index in [0.29, 0.717) is 18.9 Å². The van der Waals surface area contributed by atoms with Gasteiger partial charge in [0.1, 0.15) is 11.6 Å². The van der Waals surface area contributed by atoms with Gasteiger partial charge in [-0.25, -0.2) is 9.37 Å². The normalized spacial score (nSPS) is 12.3. The number of halogens is 1. The molecule has 0 radical (unpaired) electrons. The number of rotatable bonds is 11. The molecule has 6 nitrogen and oxygen atoms in total. The molecule has 1 aromatic heterocycles. The summed E-state index contributed by atoms with van der Waals surface area (Å²) < 4.78 is 20.5. The smallest absolute Gasteiger partial charge is 0.296 e. The van der Waals surface area contributed by atoms with Crippen molar-refractivity contribution in [3.05, 3.63) is 93.9 Å². The first-order valence-corrected chi connectivity index (χ1v) is 11.2. The van der Waals surface area contributed by atoms with E-state index in [0.717, 1.165) is 30.6 Å². The van der Waals surface area contributed by atoms with Crippen molar-refractivity contribution in [1.29, 1.82) is 0 Å². The molecule has 2 aromatic carbocycles. The second-order valence-corrected chi connectivity index (χ2v) is 8.39. The molecule has 0 aliphatic carbocycles. The molecule has 33 heavy (non-hydrogen) atoms. The topological polar surface area (TPSA) is 50.6 Å². The molecule has 0 bridgehead atoms. The van der Waals surface area contributed by atoms with Gasteiger partial charge in [-0.3, -0.25) is 14.3 Å². The van der Waals surface area contributed by atoms with Gasteiger partial charge < -0.3 is 9.64 Å². The largest absolute Gasteiger partial charge is 0.490 e. The number of ether oxygens (including phenoxy) is 1. The fourth-order valence-corrected chi connectivity index (χ4v) is 3.91. The number of nitrogens with zero attached hydrogens (tertiary/aromatic N) is 4. The molecule has 0 fully saturated rings. The zero-order valence-corrected chi connectivity index (χ0v) is 19.9. The summed E-state index contributed by atoms with van der Waals surface area (Å²) in [6, 6.07) is 16.4. The third-order valence-corrected chi connectivity index (χ3v) is 5.71. The Labute approximate surface area is 195 Å². The molecule has 7 heteroatoms. The minimum atomic E-state index is -0.251. The highest BCUT2D eigenvalue weighted by Gasteiger charge is 2.25. The molecular weight excluding hydrogens is 419 g/mol. The van der Waals surface area contributed by atoms with E-state index >= 15 is 0 Å². The van der Waals surface area contributed by atoms with Crippen molar-refractivity contribution in [3.63, 3.8) is 0 Å². The van der Waals surface area contributed by atoms with E-state index < -0.39 is 0 Å². The van der Waals surface area contributed by atoms with Gasteiger partial charge >= 0.3 is 0 Å². The molecule has 1 unspecified atom stereocenters. The van der Waals surface area contributed by atoms with Crippen LogP contribution in [0.1, 0.15) is 36.3 Å². The van der Waals surface area contributed by atoms with Gasteiger partial charge in [-0.15, -0.1) is 0 Å². The summed E-state index contributed by atoms with van der Waals surface area (Å²) in [7, 11) is 5.56. The van der Waals surface area contributed by atoms with E-state index in [1.165, 1.54) is 25.4 Å². The Bertz CT molecular complexity index is 1070. The number of methoxy groups -OCH3 is 1. The molecule has 0 spiro atoms. The van der Waals surface area contributed by atoms with Crippen LogP contribution in [-0.4, -0.2) is 53.6 Å². The number of likely N-dealkylation sites (N-methyl/N-ethyl adjacent to an activating group) is 1. The molecule has 0 saturated heterocycles. The molecule has 0 N–H and O–H groups in total. The first-order chi connectivity index (χ1) is 15.9. The lowest BCUT2D eigenvalue weighted by Gasteiger charge is -2.33. The summed E-state index contributed by atoms with van der Waals surface area (Å²) >= 11 is 0. The number of benzene rings is 2. The maximum absolute atomic E-state index is 13.5. The lowest BCUT2D eigenvalue weighted by molar-refractivity contribution is 0.155. The zero-order chi connectivity index (χ0) is 23.8. The van der Waals surface area contributed by atoms with Crippen LogP contribution in [0, 0.1) is 5.82 Å². The first kappa shape index (κ1) is 24.6. The Hall–Kier alpha value is -3.03. The van der Waals surface area contributed by atoms with E-state index in [9.17, 15) is 9.18 Å².